The van der Waals surface area contributed by atoms with Crippen molar-refractivity contribution in [2.45, 2.75) is 162 Å². The van der Waals surface area contributed by atoms with Crippen molar-refractivity contribution in [3.63, 3.8) is 0 Å². The van der Waals surface area contributed by atoms with Crippen LogP contribution < -0.4 is 0 Å². The summed E-state index contributed by atoms with van der Waals surface area (Å²) in [5.74, 6) is -5.38. The highest BCUT2D eigenvalue weighted by Crippen LogP contribution is 2.46. The molecule has 0 spiro atoms. The number of aliphatic hydroxyl groups is 1. The third-order valence-electron chi connectivity index (χ3n) is 12.4. The van der Waals surface area contributed by atoms with Crippen molar-refractivity contribution in [1.29, 1.82) is 0 Å². The Morgan fingerprint density at radius 2 is 1.69 bits per heavy atom. The van der Waals surface area contributed by atoms with Crippen LogP contribution in [0.2, 0.25) is 0 Å². The molecule has 3 aliphatic rings. The fourth-order valence-electron chi connectivity index (χ4n) is 9.57. The number of aryl methyl sites for hydroxylation is 1. The highest BCUT2D eigenvalue weighted by molar-refractivity contribution is 6.07. The molecular weight excluding hydrogens is 711 g/mol. The molecule has 2 aromatic heterocycles. The second-order valence-electron chi connectivity index (χ2n) is 17.1. The number of Topliss-reactive ketones (excluding diaryl/α,β-unsaturated/α-hetero) is 2. The fraction of sp³-hybridized carbons (Fsp3) is 0.756. The van der Waals surface area contributed by atoms with E-state index in [4.69, 9.17) is 18.9 Å². The molecule has 2 aromatic rings. The van der Waals surface area contributed by atoms with Gasteiger partial charge in [-0.3, -0.25) is 9.59 Å². The van der Waals surface area contributed by atoms with Gasteiger partial charge in [-0.1, -0.05) is 55.4 Å². The van der Waals surface area contributed by atoms with Crippen molar-refractivity contribution in [1.82, 2.24) is 19.4 Å². The molecule has 0 aromatic carbocycles. The summed E-state index contributed by atoms with van der Waals surface area (Å²) in [4.78, 5) is 66.8. The van der Waals surface area contributed by atoms with Gasteiger partial charge >= 0.3 is 12.1 Å². The molecule has 0 aliphatic carbocycles. The number of hydrogen-bond donors (Lipinski definition) is 1. The zero-order valence-corrected chi connectivity index (χ0v) is 34.1. The third-order valence-corrected chi connectivity index (χ3v) is 12.4. The smallest absolute Gasteiger partial charge is 0.410 e. The molecular formula is C41H61FN4O9. The number of rotatable bonds is 9. The predicted octanol–water partition coefficient (Wildman–Crippen LogP) is 6.22. The SMILES string of the molecule is CC[C@H]1OC(=O)[C@@](C)(F)C(=O)[C@H](C)[C@@H](OC2O[C@H](C)C[C@H](C)[C@H]2O)C(C)(C)C[C@@H](C)C(=O)[C@H](C)[C@H]2N(CCCCn3cnc4ncccc43)C(=O)O[C@]12CC. The van der Waals surface area contributed by atoms with Gasteiger partial charge in [0.05, 0.1) is 30.1 Å². The number of unbranched alkanes of at least 4 members (excludes halogenated alkanes) is 1. The van der Waals surface area contributed by atoms with Crippen LogP contribution in [0.25, 0.3) is 11.2 Å². The molecule has 14 heteroatoms. The van der Waals surface area contributed by atoms with Crippen molar-refractivity contribution in [3.05, 3.63) is 24.7 Å². The van der Waals surface area contributed by atoms with Crippen molar-refractivity contribution < 1.29 is 47.6 Å². The number of ketones is 2. The van der Waals surface area contributed by atoms with E-state index in [-0.39, 0.29) is 43.6 Å². The van der Waals surface area contributed by atoms with Crippen LogP contribution in [0, 0.1) is 29.1 Å². The first kappa shape index (κ1) is 42.6. The molecule has 1 unspecified atom stereocenters. The quantitative estimate of drug-likeness (QED) is 0.175. The van der Waals surface area contributed by atoms with E-state index in [9.17, 15) is 24.3 Å². The van der Waals surface area contributed by atoms with Crippen LogP contribution >= 0.6 is 0 Å². The van der Waals surface area contributed by atoms with Gasteiger partial charge in [0.15, 0.2) is 23.3 Å². The molecule has 306 valence electrons. The number of amides is 1. The summed E-state index contributed by atoms with van der Waals surface area (Å²) in [6, 6.07) is 2.93. The topological polar surface area (TPSA) is 159 Å². The number of hydrogen-bond acceptors (Lipinski definition) is 11. The van der Waals surface area contributed by atoms with E-state index < -0.39 is 82.9 Å². The fourth-order valence-corrected chi connectivity index (χ4v) is 9.57. The number of carbonyl (C=O) groups excluding carboxylic acids is 4. The van der Waals surface area contributed by atoms with E-state index in [1.165, 1.54) is 6.92 Å². The molecule has 3 fully saturated rings. The van der Waals surface area contributed by atoms with E-state index in [2.05, 4.69) is 9.97 Å². The summed E-state index contributed by atoms with van der Waals surface area (Å²) in [5.41, 5.74) is -4.03. The summed E-state index contributed by atoms with van der Waals surface area (Å²) in [6.07, 6.45) is 0.503. The largest absolute Gasteiger partial charge is 0.455 e. The normalized spacial score (nSPS) is 37.7. The Morgan fingerprint density at radius 3 is 2.36 bits per heavy atom. The molecule has 12 atom stereocenters. The highest BCUT2D eigenvalue weighted by atomic mass is 19.1. The van der Waals surface area contributed by atoms with E-state index in [1.807, 2.05) is 51.3 Å². The zero-order chi connectivity index (χ0) is 40.6. The maximum atomic E-state index is 16.8. The van der Waals surface area contributed by atoms with Gasteiger partial charge in [-0.2, -0.15) is 0 Å². The van der Waals surface area contributed by atoms with Gasteiger partial charge in [0, 0.05) is 37.0 Å². The van der Waals surface area contributed by atoms with Gasteiger partial charge in [-0.15, -0.1) is 0 Å². The summed E-state index contributed by atoms with van der Waals surface area (Å²) in [7, 11) is 0. The van der Waals surface area contributed by atoms with Crippen LogP contribution in [-0.4, -0.2) is 103 Å². The molecule has 5 heterocycles. The van der Waals surface area contributed by atoms with Gasteiger partial charge < -0.3 is 33.5 Å². The minimum atomic E-state index is -3.10. The number of fused-ring (bicyclic) bond motifs is 2. The van der Waals surface area contributed by atoms with Crippen LogP contribution in [0.5, 0.6) is 0 Å². The molecule has 55 heavy (non-hydrogen) atoms. The highest BCUT2D eigenvalue weighted by Gasteiger charge is 2.62. The number of ether oxygens (including phenoxy) is 4. The monoisotopic (exact) mass is 772 g/mol. The Labute approximate surface area is 324 Å². The molecule has 0 radical (unpaired) electrons. The van der Waals surface area contributed by atoms with Crippen LogP contribution in [0.3, 0.4) is 0 Å². The Bertz CT molecular complexity index is 1710. The lowest BCUT2D eigenvalue weighted by molar-refractivity contribution is -0.284. The van der Waals surface area contributed by atoms with Gasteiger partial charge in [-0.05, 0) is 75.8 Å². The number of halogens is 1. The molecule has 0 saturated carbocycles. The number of nitrogens with zero attached hydrogens (tertiary/aromatic N) is 4. The van der Waals surface area contributed by atoms with Crippen molar-refractivity contribution in [2.75, 3.05) is 6.54 Å². The first-order valence-corrected chi connectivity index (χ1v) is 20.0. The third kappa shape index (κ3) is 8.18. The van der Waals surface area contributed by atoms with Gasteiger partial charge in [0.1, 0.15) is 18.0 Å². The van der Waals surface area contributed by atoms with Crippen LogP contribution in [-0.2, 0) is 39.9 Å². The van der Waals surface area contributed by atoms with Crippen LogP contribution in [0.15, 0.2) is 24.7 Å². The number of aromatic nitrogens is 3. The van der Waals surface area contributed by atoms with Crippen molar-refractivity contribution in [2.24, 2.45) is 29.1 Å². The van der Waals surface area contributed by atoms with Crippen molar-refractivity contribution in [3.8, 4) is 0 Å². The summed E-state index contributed by atoms with van der Waals surface area (Å²) in [6.45, 7) is 17.8. The van der Waals surface area contributed by atoms with E-state index in [1.54, 1.807) is 38.2 Å². The number of esters is 1. The maximum Gasteiger partial charge on any atom is 0.410 e. The molecule has 5 rings (SSSR count). The lowest BCUT2D eigenvalue weighted by Crippen LogP contribution is -2.60. The number of carbonyl (C=O) groups is 4. The second kappa shape index (κ2) is 16.5. The average Bonchev–Trinajstić information content (AvgIpc) is 3.68. The minimum absolute atomic E-state index is 0.126. The molecule has 0 bridgehead atoms. The van der Waals surface area contributed by atoms with E-state index >= 15 is 4.39 Å². The Hall–Kier alpha value is -3.49. The van der Waals surface area contributed by atoms with E-state index in [0.29, 0.717) is 31.5 Å². The van der Waals surface area contributed by atoms with Crippen molar-refractivity contribution >= 4 is 34.8 Å². The van der Waals surface area contributed by atoms with Gasteiger partial charge in [-0.25, -0.2) is 23.9 Å². The number of imidazole rings is 1. The zero-order valence-electron chi connectivity index (χ0n) is 34.1. The predicted molar refractivity (Wildman–Crippen MR) is 201 cm³/mol. The lowest BCUT2D eigenvalue weighted by atomic mass is 9.68. The summed E-state index contributed by atoms with van der Waals surface area (Å²) in [5, 5.41) is 11.1. The number of alkyl halides is 1. The molecule has 1 N–H and O–H groups in total. The Kier molecular flexibility index (Phi) is 12.8. The van der Waals surface area contributed by atoms with Gasteiger partial charge in [0.2, 0.25) is 0 Å². The van der Waals surface area contributed by atoms with Crippen LogP contribution in [0.4, 0.5) is 9.18 Å². The standard InChI is InChI=1S/C41H61FN4O9/c1-11-29-41(12-2)32(46(38(51)55-41)19-14-13-18-45-22-44-35-28(45)16-15-17-43-35)26(6)30(47)24(4)21-39(8,9)34(27(7)33(49)40(10,42)37(50)53-29)54-36-31(48)23(3)20-25(5)52-36/h15-17,22-27,29,31-32,34,36,48H,11-14,18-21H2,1-10H3/t23-,24+,25+,26-,27-,29+,31+,32+,34+,36?,40-,41+/m0/s1. The first-order valence-electron chi connectivity index (χ1n) is 20.0. The Morgan fingerprint density at radius 1 is 1.00 bits per heavy atom. The first-order chi connectivity index (χ1) is 25.8. The summed E-state index contributed by atoms with van der Waals surface area (Å²) < 4.78 is 43.4. The van der Waals surface area contributed by atoms with E-state index in [0.717, 1.165) is 12.4 Å². The average molecular weight is 773 g/mol. The molecule has 3 aliphatic heterocycles. The van der Waals surface area contributed by atoms with Crippen LogP contribution in [0.1, 0.15) is 108 Å². The number of pyridine rings is 1. The number of aliphatic hydroxyl groups excluding tert-OH is 1. The molecule has 1 amide bonds. The number of cyclic esters (lactones) is 1. The molecule has 13 nitrogen and oxygen atoms in total. The second-order valence-corrected chi connectivity index (χ2v) is 17.1. The van der Waals surface area contributed by atoms with Gasteiger partial charge in [0.25, 0.3) is 5.67 Å². The maximum absolute atomic E-state index is 16.8. The summed E-state index contributed by atoms with van der Waals surface area (Å²) >= 11 is 0. The molecule has 3 saturated heterocycles. The minimum Gasteiger partial charge on any atom is -0.455 e. The Balaban J connectivity index is 1.49. The lowest BCUT2D eigenvalue weighted by Gasteiger charge is -2.46.